The summed E-state index contributed by atoms with van der Waals surface area (Å²) in [6.07, 6.45) is -10.5. The molecule has 0 saturated heterocycles. The van der Waals surface area contributed by atoms with Crippen molar-refractivity contribution >= 4 is 0 Å². The summed E-state index contributed by atoms with van der Waals surface area (Å²) in [6.45, 7) is 0. The van der Waals surface area contributed by atoms with Crippen LogP contribution in [0.4, 0.5) is 35.1 Å². The Kier molecular flexibility index (Phi) is 3.57. The highest BCUT2D eigenvalue weighted by molar-refractivity contribution is 5.34. The second-order valence-electron chi connectivity index (χ2n) is 3.37. The average molecular weight is 279 g/mol. The first-order valence-corrected chi connectivity index (χ1v) is 4.33. The van der Waals surface area contributed by atoms with Crippen LogP contribution in [0.1, 0.15) is 17.2 Å². The zero-order valence-electron chi connectivity index (χ0n) is 8.33. The minimum Gasteiger partial charge on any atom is -0.316 e. The summed E-state index contributed by atoms with van der Waals surface area (Å²) in [5.41, 5.74) is 1.06. The molecular formula is C9H5F8N. The van der Waals surface area contributed by atoms with Gasteiger partial charge in [0.05, 0.1) is 5.56 Å². The van der Waals surface area contributed by atoms with Gasteiger partial charge in [-0.2, -0.15) is 26.3 Å². The van der Waals surface area contributed by atoms with Crippen molar-refractivity contribution in [1.82, 2.24) is 0 Å². The van der Waals surface area contributed by atoms with Crippen molar-refractivity contribution in [3.05, 3.63) is 34.9 Å². The first kappa shape index (κ1) is 14.7. The van der Waals surface area contributed by atoms with Gasteiger partial charge in [0.1, 0.15) is 6.04 Å². The van der Waals surface area contributed by atoms with E-state index in [9.17, 15) is 35.1 Å². The van der Waals surface area contributed by atoms with Crippen molar-refractivity contribution in [1.29, 1.82) is 0 Å². The van der Waals surface area contributed by atoms with Crippen LogP contribution in [0, 0.1) is 11.6 Å². The van der Waals surface area contributed by atoms with E-state index >= 15 is 0 Å². The van der Waals surface area contributed by atoms with Gasteiger partial charge in [0.15, 0.2) is 11.6 Å². The molecule has 0 saturated carbocycles. The number of halogens is 8. The first-order valence-electron chi connectivity index (χ1n) is 4.33. The molecule has 0 unspecified atom stereocenters. The highest BCUT2D eigenvalue weighted by atomic mass is 19.4. The minimum absolute atomic E-state index is 0.198. The van der Waals surface area contributed by atoms with Crippen molar-refractivity contribution in [2.45, 2.75) is 18.4 Å². The molecule has 1 aromatic carbocycles. The molecule has 0 bridgehead atoms. The fourth-order valence-corrected chi connectivity index (χ4v) is 1.24. The Morgan fingerprint density at radius 3 is 1.72 bits per heavy atom. The summed E-state index contributed by atoms with van der Waals surface area (Å²) in [4.78, 5) is 0. The molecule has 0 heterocycles. The van der Waals surface area contributed by atoms with Gasteiger partial charge in [0, 0.05) is 0 Å². The van der Waals surface area contributed by atoms with Gasteiger partial charge in [-0.1, -0.05) is 0 Å². The lowest BCUT2D eigenvalue weighted by molar-refractivity contribution is -0.155. The van der Waals surface area contributed by atoms with Crippen LogP contribution in [0.25, 0.3) is 0 Å². The summed E-state index contributed by atoms with van der Waals surface area (Å²) >= 11 is 0. The minimum atomic E-state index is -5.27. The van der Waals surface area contributed by atoms with Gasteiger partial charge >= 0.3 is 12.4 Å². The van der Waals surface area contributed by atoms with E-state index < -0.39 is 41.2 Å². The summed E-state index contributed by atoms with van der Waals surface area (Å²) in [6, 6.07) is -3.60. The van der Waals surface area contributed by atoms with Gasteiger partial charge < -0.3 is 5.73 Å². The molecule has 102 valence electrons. The Bertz CT molecular complexity index is 447. The first-order chi connectivity index (χ1) is 7.94. The van der Waals surface area contributed by atoms with Gasteiger partial charge in [0.2, 0.25) is 0 Å². The van der Waals surface area contributed by atoms with Crippen LogP contribution < -0.4 is 5.73 Å². The number of hydrogen-bond acceptors (Lipinski definition) is 1. The maximum absolute atomic E-state index is 12.7. The molecule has 1 nitrogen and oxygen atoms in total. The highest BCUT2D eigenvalue weighted by Crippen LogP contribution is 2.39. The van der Waals surface area contributed by atoms with Crippen molar-refractivity contribution in [2.24, 2.45) is 5.73 Å². The molecule has 0 aliphatic carbocycles. The number of nitrogens with two attached hydrogens (primary N) is 1. The Balaban J connectivity index is 3.47. The fourth-order valence-electron chi connectivity index (χ4n) is 1.24. The van der Waals surface area contributed by atoms with Crippen LogP contribution in [0.15, 0.2) is 12.1 Å². The zero-order valence-corrected chi connectivity index (χ0v) is 8.33. The van der Waals surface area contributed by atoms with E-state index in [1.807, 2.05) is 0 Å². The molecule has 2 N–H and O–H groups in total. The number of hydrogen-bond donors (Lipinski definition) is 1. The lowest BCUT2D eigenvalue weighted by Gasteiger charge is -2.20. The van der Waals surface area contributed by atoms with Gasteiger partial charge in [0.25, 0.3) is 0 Å². The molecule has 0 aliphatic heterocycles. The van der Waals surface area contributed by atoms with Crippen LogP contribution in [0.5, 0.6) is 0 Å². The molecule has 1 atom stereocenters. The topological polar surface area (TPSA) is 26.0 Å². The van der Waals surface area contributed by atoms with Crippen LogP contribution in [0.2, 0.25) is 0 Å². The van der Waals surface area contributed by atoms with Crippen LogP contribution in [0.3, 0.4) is 0 Å². The van der Waals surface area contributed by atoms with Crippen molar-refractivity contribution in [2.75, 3.05) is 0 Å². The summed E-state index contributed by atoms with van der Waals surface area (Å²) in [5, 5.41) is 0. The standard InChI is InChI=1S/C9H5F8N/c10-5-1-3(7(18)9(15,16)17)4(2-6(5)11)8(12,13)14/h1-2,7H,18H2/t7-/m1/s1. The molecule has 0 fully saturated rings. The Morgan fingerprint density at radius 1 is 0.889 bits per heavy atom. The summed E-state index contributed by atoms with van der Waals surface area (Å²) < 4.78 is 99.3. The van der Waals surface area contributed by atoms with Gasteiger partial charge in [-0.25, -0.2) is 8.78 Å². The molecule has 1 aromatic rings. The van der Waals surface area contributed by atoms with E-state index in [0.29, 0.717) is 0 Å². The van der Waals surface area contributed by atoms with E-state index in [1.165, 1.54) is 0 Å². The molecular weight excluding hydrogens is 274 g/mol. The van der Waals surface area contributed by atoms with Gasteiger partial charge in [-0.05, 0) is 17.7 Å². The van der Waals surface area contributed by atoms with Crippen LogP contribution in [-0.2, 0) is 6.18 Å². The fraction of sp³-hybridized carbons (Fsp3) is 0.333. The lowest BCUT2D eigenvalue weighted by Crippen LogP contribution is -2.31. The van der Waals surface area contributed by atoms with E-state index in [0.717, 1.165) is 0 Å². The largest absolute Gasteiger partial charge is 0.416 e. The molecule has 0 amide bonds. The van der Waals surface area contributed by atoms with Crippen molar-refractivity contribution in [3.63, 3.8) is 0 Å². The number of rotatable bonds is 1. The summed E-state index contributed by atoms with van der Waals surface area (Å²) in [5.74, 6) is -3.74. The third-order valence-electron chi connectivity index (χ3n) is 2.09. The van der Waals surface area contributed by atoms with E-state index in [4.69, 9.17) is 0 Å². The average Bonchev–Trinajstić information content (AvgIpc) is 2.17. The summed E-state index contributed by atoms with van der Waals surface area (Å²) in [7, 11) is 0. The Morgan fingerprint density at radius 2 is 1.33 bits per heavy atom. The normalized spacial score (nSPS) is 14.7. The Hall–Kier alpha value is -1.38. The predicted octanol–water partition coefficient (Wildman–Crippen LogP) is 3.55. The SMILES string of the molecule is N[C@H](c1cc(F)c(F)cc1C(F)(F)F)C(F)(F)F. The second-order valence-corrected chi connectivity index (χ2v) is 3.37. The lowest BCUT2D eigenvalue weighted by atomic mass is 9.99. The van der Waals surface area contributed by atoms with Crippen molar-refractivity contribution < 1.29 is 35.1 Å². The third-order valence-corrected chi connectivity index (χ3v) is 2.09. The molecule has 0 aromatic heterocycles. The second kappa shape index (κ2) is 4.38. The van der Waals surface area contributed by atoms with Crippen LogP contribution >= 0.6 is 0 Å². The van der Waals surface area contributed by atoms with Crippen molar-refractivity contribution in [3.8, 4) is 0 Å². The predicted molar refractivity (Wildman–Crippen MR) is 44.3 cm³/mol. The maximum atomic E-state index is 12.7. The third kappa shape index (κ3) is 2.89. The molecule has 0 radical (unpaired) electrons. The molecule has 0 aliphatic rings. The maximum Gasteiger partial charge on any atom is 0.416 e. The van der Waals surface area contributed by atoms with Gasteiger partial charge in [-0.15, -0.1) is 0 Å². The van der Waals surface area contributed by atoms with E-state index in [1.54, 1.807) is 0 Å². The molecule has 18 heavy (non-hydrogen) atoms. The highest BCUT2D eigenvalue weighted by Gasteiger charge is 2.44. The van der Waals surface area contributed by atoms with Crippen LogP contribution in [-0.4, -0.2) is 6.18 Å². The van der Waals surface area contributed by atoms with Gasteiger partial charge in [-0.3, -0.25) is 0 Å². The number of benzene rings is 1. The van der Waals surface area contributed by atoms with E-state index in [-0.39, 0.29) is 12.1 Å². The molecule has 9 heteroatoms. The smallest absolute Gasteiger partial charge is 0.316 e. The Labute approximate surface area is 95.2 Å². The zero-order chi connectivity index (χ0) is 14.3. The molecule has 1 rings (SSSR count). The molecule has 0 spiro atoms. The van der Waals surface area contributed by atoms with E-state index in [2.05, 4.69) is 5.73 Å². The monoisotopic (exact) mass is 279 g/mol. The number of alkyl halides is 6. The quantitative estimate of drug-likeness (QED) is 0.782.